The van der Waals surface area contributed by atoms with Gasteiger partial charge in [0.25, 0.3) is 0 Å². The van der Waals surface area contributed by atoms with Gasteiger partial charge in [0, 0.05) is 0 Å². The summed E-state index contributed by atoms with van der Waals surface area (Å²) in [7, 11) is 0. The third kappa shape index (κ3) is 23.8. The van der Waals surface area contributed by atoms with Crippen LogP contribution in [0.3, 0.4) is 0 Å². The van der Waals surface area contributed by atoms with Gasteiger partial charge in [-0.05, 0) is 232 Å². The Morgan fingerprint density at radius 1 is 0.250 bits per heavy atom. The van der Waals surface area contributed by atoms with Crippen LogP contribution in [0.1, 0.15) is 314 Å². The van der Waals surface area contributed by atoms with Gasteiger partial charge in [-0.15, -0.1) is 0 Å². The minimum atomic E-state index is 0.720. The molecule has 4 fully saturated rings. The maximum absolute atomic E-state index is 8.93. The van der Waals surface area contributed by atoms with E-state index >= 15 is 0 Å². The molecule has 0 N–H and O–H groups in total. The molecule has 4 nitrogen and oxygen atoms in total. The van der Waals surface area contributed by atoms with Gasteiger partial charge in [-0.1, -0.05) is 216 Å². The molecule has 0 heterocycles. The van der Waals surface area contributed by atoms with Crippen LogP contribution in [-0.4, -0.2) is 0 Å². The van der Waals surface area contributed by atoms with Crippen molar-refractivity contribution in [2.75, 3.05) is 0 Å². The molecule has 0 aliphatic heterocycles. The van der Waals surface area contributed by atoms with Crippen molar-refractivity contribution in [2.45, 2.75) is 270 Å². The summed E-state index contributed by atoms with van der Waals surface area (Å²) in [5, 5.41) is 35.4. The molecule has 0 radical (unpaired) electrons. The highest BCUT2D eigenvalue weighted by molar-refractivity contribution is 5.64. The Hall–Kier alpha value is -5.94. The zero-order valence-corrected chi connectivity index (χ0v) is 53.0. The van der Waals surface area contributed by atoms with Crippen LogP contribution in [0.2, 0.25) is 0 Å². The van der Waals surface area contributed by atoms with Crippen LogP contribution >= 0.6 is 0 Å². The molecule has 4 aliphatic carbocycles. The molecule has 4 saturated carbocycles. The number of hydrogen-bond donors (Lipinski definition) is 0. The zero-order chi connectivity index (χ0) is 59.4. The second-order valence-electron chi connectivity index (χ2n) is 26.1. The lowest BCUT2D eigenvalue weighted by Crippen LogP contribution is -2.13. The van der Waals surface area contributed by atoms with Crippen LogP contribution in [-0.2, 0) is 0 Å². The van der Waals surface area contributed by atoms with E-state index in [9.17, 15) is 0 Å². The van der Waals surface area contributed by atoms with Crippen LogP contribution in [0.5, 0.6) is 0 Å². The van der Waals surface area contributed by atoms with Crippen molar-refractivity contribution in [3.8, 4) is 35.4 Å². The molecule has 0 unspecified atom stereocenters. The maximum atomic E-state index is 8.93. The summed E-state index contributed by atoms with van der Waals surface area (Å²) in [5.74, 6) is 6.83. The highest BCUT2D eigenvalue weighted by Gasteiger charge is 2.25. The lowest BCUT2D eigenvalue weighted by atomic mass is 9.77. The summed E-state index contributed by atoms with van der Waals surface area (Å²) >= 11 is 0. The Labute approximate surface area is 512 Å². The molecule has 0 amide bonds. The first kappa shape index (κ1) is 67.2. The van der Waals surface area contributed by atoms with Gasteiger partial charge in [-0.3, -0.25) is 0 Å². The summed E-state index contributed by atoms with van der Waals surface area (Å²) in [6.07, 6.45) is 47.2. The van der Waals surface area contributed by atoms with Crippen LogP contribution < -0.4 is 0 Å². The van der Waals surface area contributed by atoms with E-state index in [1.807, 2.05) is 60.7 Å². The fourth-order valence-electron chi connectivity index (χ4n) is 14.5. The lowest BCUT2D eigenvalue weighted by molar-refractivity contribution is 0.302. The van der Waals surface area contributed by atoms with E-state index in [1.165, 1.54) is 252 Å². The molecule has 0 saturated heterocycles. The highest BCUT2D eigenvalue weighted by atomic mass is 14.3. The molecule has 4 aliphatic rings. The van der Waals surface area contributed by atoms with Gasteiger partial charge in [0.05, 0.1) is 46.5 Å². The van der Waals surface area contributed by atoms with E-state index in [2.05, 4.69) is 113 Å². The molecule has 0 bridgehead atoms. The SMILES string of the molecule is CCCC1CCC(c2ccc(C#N)cc2)CC1.CCCCCC1CCC(c2ccc(C#N)cc2)CC1.CCCCCCCC1CCC(c2ccc(-c3ccc(C#N)cc3)cc2)CC1.CCCCCCCC1CCC(c2ccc(C#N)cc2)CC1. The van der Waals surface area contributed by atoms with E-state index in [1.54, 1.807) is 0 Å². The van der Waals surface area contributed by atoms with Crippen molar-refractivity contribution < 1.29 is 0 Å². The quantitative estimate of drug-likeness (QED) is 0.0609. The smallest absolute Gasteiger partial charge is 0.0991 e. The van der Waals surface area contributed by atoms with Gasteiger partial charge >= 0.3 is 0 Å². The molecule has 84 heavy (non-hydrogen) atoms. The second-order valence-corrected chi connectivity index (χ2v) is 26.1. The molecule has 0 spiro atoms. The maximum Gasteiger partial charge on any atom is 0.0991 e. The molecular formula is C80H108N4. The molecule has 5 aromatic rings. The Morgan fingerprint density at radius 3 is 0.726 bits per heavy atom. The molecule has 9 rings (SSSR count). The first-order valence-electron chi connectivity index (χ1n) is 34.4. The van der Waals surface area contributed by atoms with Crippen LogP contribution in [0, 0.1) is 69.0 Å². The van der Waals surface area contributed by atoms with Crippen molar-refractivity contribution in [2.24, 2.45) is 23.7 Å². The van der Waals surface area contributed by atoms with Gasteiger partial charge in [-0.25, -0.2) is 0 Å². The summed E-state index contributed by atoms with van der Waals surface area (Å²) in [5.41, 5.74) is 11.3. The van der Waals surface area contributed by atoms with Crippen molar-refractivity contribution in [1.82, 2.24) is 0 Å². The summed E-state index contributed by atoms with van der Waals surface area (Å²) < 4.78 is 0. The van der Waals surface area contributed by atoms with E-state index in [0.29, 0.717) is 0 Å². The van der Waals surface area contributed by atoms with Crippen LogP contribution in [0.25, 0.3) is 11.1 Å². The van der Waals surface area contributed by atoms with E-state index in [4.69, 9.17) is 21.0 Å². The minimum absolute atomic E-state index is 0.720. The van der Waals surface area contributed by atoms with Crippen molar-refractivity contribution in [3.63, 3.8) is 0 Å². The van der Waals surface area contributed by atoms with Crippen molar-refractivity contribution in [1.29, 1.82) is 21.0 Å². The third-order valence-corrected chi connectivity index (χ3v) is 20.0. The van der Waals surface area contributed by atoms with Crippen molar-refractivity contribution >= 4 is 0 Å². The molecular weight excluding hydrogens is 1020 g/mol. The summed E-state index contributed by atoms with van der Waals surface area (Å²) in [6.45, 7) is 9.14. The normalized spacial score (nSPS) is 21.9. The summed E-state index contributed by atoms with van der Waals surface area (Å²) in [4.78, 5) is 0. The fraction of sp³-hybridized carbons (Fsp3) is 0.575. The van der Waals surface area contributed by atoms with Gasteiger partial charge in [0.2, 0.25) is 0 Å². The number of hydrogen-bond acceptors (Lipinski definition) is 4. The fourth-order valence-corrected chi connectivity index (χ4v) is 14.5. The molecule has 0 aromatic heterocycles. The number of nitriles is 4. The van der Waals surface area contributed by atoms with E-state index in [0.717, 1.165) is 69.6 Å². The Morgan fingerprint density at radius 2 is 0.464 bits per heavy atom. The average molecular weight is 1130 g/mol. The van der Waals surface area contributed by atoms with Gasteiger partial charge in [0.15, 0.2) is 0 Å². The average Bonchev–Trinajstić information content (AvgIpc) is 3.75. The standard InChI is InChI=1S/C26H33N.C20H29N.C18H25N.C16H21N/c1-2-3-4-5-6-7-21-8-12-23(13-9-21)25-16-18-26(19-17-25)24-14-10-22(20-27)11-15-24;1-2-3-4-5-6-7-17-8-12-19(13-9-17)20-14-10-18(16-21)11-15-20;1-2-3-4-5-15-6-10-17(11-7-15)18-12-8-16(14-19)9-13-18;1-2-3-13-4-8-15(9-5-13)16-10-6-14(12-17)7-11-16/h10-11,14-19,21,23H,2-9,12-13H2,1H3;10-11,14-15,17,19H,2-9,12-13H2,1H3;8-9,12-13,15,17H,2-7,10-11H2,1H3;6-7,10-11,13,15H,2-5,8-9H2,1H3. The van der Waals surface area contributed by atoms with Gasteiger partial charge in [-0.2, -0.15) is 21.0 Å². The van der Waals surface area contributed by atoms with Crippen LogP contribution in [0.15, 0.2) is 121 Å². The van der Waals surface area contributed by atoms with Gasteiger partial charge < -0.3 is 0 Å². The number of nitrogens with zero attached hydrogens (tertiary/aromatic N) is 4. The second kappa shape index (κ2) is 39.6. The third-order valence-electron chi connectivity index (χ3n) is 20.0. The summed E-state index contributed by atoms with van der Waals surface area (Å²) in [6, 6.07) is 50.4. The predicted octanol–water partition coefficient (Wildman–Crippen LogP) is 24.1. The number of rotatable bonds is 23. The van der Waals surface area contributed by atoms with E-state index in [-0.39, 0.29) is 0 Å². The predicted molar refractivity (Wildman–Crippen MR) is 355 cm³/mol. The monoisotopic (exact) mass is 1120 g/mol. The first-order valence-corrected chi connectivity index (χ1v) is 34.4. The van der Waals surface area contributed by atoms with Crippen LogP contribution in [0.4, 0.5) is 0 Å². The zero-order valence-electron chi connectivity index (χ0n) is 53.0. The highest BCUT2D eigenvalue weighted by Crippen LogP contribution is 2.42. The Bertz CT molecular complexity index is 2680. The molecule has 0 atom stereocenters. The van der Waals surface area contributed by atoms with Gasteiger partial charge in [0.1, 0.15) is 0 Å². The molecule has 5 aromatic carbocycles. The Balaban J connectivity index is 0.000000182. The molecule has 448 valence electrons. The number of unbranched alkanes of at least 4 members (excludes halogenated alkanes) is 10. The van der Waals surface area contributed by atoms with E-state index < -0.39 is 0 Å². The first-order chi connectivity index (χ1) is 41.3. The Kier molecular flexibility index (Phi) is 31.7. The topological polar surface area (TPSA) is 95.2 Å². The lowest BCUT2D eigenvalue weighted by Gasteiger charge is -2.29. The number of benzene rings is 5. The minimum Gasteiger partial charge on any atom is -0.192 e. The largest absolute Gasteiger partial charge is 0.192 e. The molecule has 4 heteroatoms. The van der Waals surface area contributed by atoms with Crippen molar-refractivity contribution in [3.05, 3.63) is 166 Å².